The summed E-state index contributed by atoms with van der Waals surface area (Å²) in [5.41, 5.74) is 0.793. The fourth-order valence-electron chi connectivity index (χ4n) is 0.569. The fraction of sp³-hybridized carbons (Fsp3) is 0.167. The first kappa shape index (κ1) is 7.82. The van der Waals surface area contributed by atoms with Gasteiger partial charge in [0.25, 0.3) is 0 Å². The molecule has 1 aromatic rings. The Kier molecular flexibility index (Phi) is 2.51. The Morgan fingerprint density at radius 1 is 1.60 bits per heavy atom. The van der Waals surface area contributed by atoms with Crippen LogP contribution in [0.4, 0.5) is 0 Å². The highest BCUT2D eigenvalue weighted by molar-refractivity contribution is 9.10. The Morgan fingerprint density at radius 2 is 2.30 bits per heavy atom. The maximum atomic E-state index is 9.06. The van der Waals surface area contributed by atoms with Crippen molar-refractivity contribution in [3.05, 3.63) is 22.4 Å². The molecule has 0 radical (unpaired) electrons. The second-order valence-electron chi connectivity index (χ2n) is 1.77. The predicted molar refractivity (Wildman–Crippen MR) is 43.2 cm³/mol. The van der Waals surface area contributed by atoms with E-state index in [0.29, 0.717) is 10.4 Å². The van der Waals surface area contributed by atoms with Gasteiger partial charge in [0.2, 0.25) is 0 Å². The molecule has 1 N–H and O–H groups in total. The van der Waals surface area contributed by atoms with Crippen molar-refractivity contribution >= 4 is 27.5 Å². The molecule has 54 valence electrons. The third kappa shape index (κ3) is 1.41. The van der Waals surface area contributed by atoms with Gasteiger partial charge in [-0.25, -0.2) is 0 Å². The van der Waals surface area contributed by atoms with Crippen LogP contribution in [0.1, 0.15) is 5.56 Å². The maximum Gasteiger partial charge on any atom is 0.148 e. The third-order valence-corrected chi connectivity index (χ3v) is 2.28. The molecule has 0 saturated carbocycles. The van der Waals surface area contributed by atoms with Gasteiger partial charge in [0.15, 0.2) is 0 Å². The van der Waals surface area contributed by atoms with Crippen molar-refractivity contribution in [2.45, 2.75) is 5.88 Å². The van der Waals surface area contributed by atoms with Gasteiger partial charge in [0.1, 0.15) is 5.75 Å². The standard InChI is InChI=1S/C6H5BrClNO/c7-6-4(1-8)2-9-3-5(6)10/h2-3,10H,1H2. The SMILES string of the molecule is Oc1cncc(CCl)c1Br. The average Bonchev–Trinajstić information content (AvgIpc) is 1.95. The summed E-state index contributed by atoms with van der Waals surface area (Å²) in [4.78, 5) is 3.75. The van der Waals surface area contributed by atoms with Crippen molar-refractivity contribution in [2.75, 3.05) is 0 Å². The van der Waals surface area contributed by atoms with E-state index >= 15 is 0 Å². The van der Waals surface area contributed by atoms with Gasteiger partial charge in [0.05, 0.1) is 16.5 Å². The summed E-state index contributed by atoms with van der Waals surface area (Å²) in [5.74, 6) is 0.472. The second-order valence-corrected chi connectivity index (χ2v) is 2.83. The number of hydrogen-bond donors (Lipinski definition) is 1. The van der Waals surface area contributed by atoms with E-state index in [1.165, 1.54) is 6.20 Å². The number of hydrogen-bond acceptors (Lipinski definition) is 2. The van der Waals surface area contributed by atoms with Crippen molar-refractivity contribution < 1.29 is 5.11 Å². The number of pyridine rings is 1. The van der Waals surface area contributed by atoms with Gasteiger partial charge >= 0.3 is 0 Å². The molecule has 0 fully saturated rings. The first-order chi connectivity index (χ1) is 4.75. The highest BCUT2D eigenvalue weighted by Gasteiger charge is 2.02. The highest BCUT2D eigenvalue weighted by Crippen LogP contribution is 2.26. The van der Waals surface area contributed by atoms with Crippen LogP contribution in [0.5, 0.6) is 5.75 Å². The quantitative estimate of drug-likeness (QED) is 0.740. The zero-order valence-corrected chi connectivity index (χ0v) is 7.35. The molecule has 0 spiro atoms. The van der Waals surface area contributed by atoms with Crippen LogP contribution in [0.25, 0.3) is 0 Å². The minimum atomic E-state index is 0.123. The summed E-state index contributed by atoms with van der Waals surface area (Å²) in [5, 5.41) is 9.06. The van der Waals surface area contributed by atoms with Crippen LogP contribution in [-0.2, 0) is 5.88 Å². The van der Waals surface area contributed by atoms with Gasteiger partial charge in [-0.1, -0.05) is 0 Å². The first-order valence-corrected chi connectivity index (χ1v) is 3.95. The molecule has 0 unspecified atom stereocenters. The molecule has 10 heavy (non-hydrogen) atoms. The van der Waals surface area contributed by atoms with Crippen LogP contribution in [0.3, 0.4) is 0 Å². The number of nitrogens with zero attached hydrogens (tertiary/aromatic N) is 1. The molecule has 0 aliphatic heterocycles. The molecular formula is C6H5BrClNO. The van der Waals surface area contributed by atoms with Crippen molar-refractivity contribution in [1.82, 2.24) is 4.98 Å². The topological polar surface area (TPSA) is 33.1 Å². The smallest absolute Gasteiger partial charge is 0.148 e. The Labute approximate surface area is 72.0 Å². The van der Waals surface area contributed by atoms with E-state index in [1.54, 1.807) is 6.20 Å². The zero-order valence-electron chi connectivity index (χ0n) is 5.01. The van der Waals surface area contributed by atoms with E-state index in [4.69, 9.17) is 16.7 Å². The zero-order chi connectivity index (χ0) is 7.56. The van der Waals surface area contributed by atoms with Crippen LogP contribution in [-0.4, -0.2) is 10.1 Å². The highest BCUT2D eigenvalue weighted by atomic mass is 79.9. The summed E-state index contributed by atoms with van der Waals surface area (Å²) in [6, 6.07) is 0. The Balaban J connectivity index is 3.14. The van der Waals surface area contributed by atoms with Crippen LogP contribution < -0.4 is 0 Å². The van der Waals surface area contributed by atoms with E-state index in [9.17, 15) is 0 Å². The van der Waals surface area contributed by atoms with Crippen LogP contribution >= 0.6 is 27.5 Å². The molecule has 1 rings (SSSR count). The minimum Gasteiger partial charge on any atom is -0.505 e. The lowest BCUT2D eigenvalue weighted by molar-refractivity contribution is 0.468. The van der Waals surface area contributed by atoms with Crippen LogP contribution in [0.2, 0.25) is 0 Å². The average molecular weight is 222 g/mol. The molecule has 2 nitrogen and oxygen atoms in total. The number of rotatable bonds is 1. The van der Waals surface area contributed by atoms with E-state index in [-0.39, 0.29) is 5.75 Å². The largest absolute Gasteiger partial charge is 0.505 e. The van der Waals surface area contributed by atoms with Crippen molar-refractivity contribution in [3.8, 4) is 5.75 Å². The minimum absolute atomic E-state index is 0.123. The van der Waals surface area contributed by atoms with Gasteiger partial charge in [-0.2, -0.15) is 0 Å². The molecule has 0 amide bonds. The molecule has 1 aromatic heterocycles. The Morgan fingerprint density at radius 3 is 2.80 bits per heavy atom. The lowest BCUT2D eigenvalue weighted by Gasteiger charge is -1.99. The van der Waals surface area contributed by atoms with Gasteiger partial charge in [-0.05, 0) is 15.9 Å². The summed E-state index contributed by atoms with van der Waals surface area (Å²) in [6.45, 7) is 0. The summed E-state index contributed by atoms with van der Waals surface area (Å²) < 4.78 is 0.623. The maximum absolute atomic E-state index is 9.06. The molecule has 0 aliphatic carbocycles. The molecule has 0 aromatic carbocycles. The van der Waals surface area contributed by atoms with Crippen molar-refractivity contribution in [2.24, 2.45) is 0 Å². The number of alkyl halides is 1. The van der Waals surface area contributed by atoms with Crippen molar-refractivity contribution in [3.63, 3.8) is 0 Å². The van der Waals surface area contributed by atoms with Gasteiger partial charge < -0.3 is 5.11 Å². The van der Waals surface area contributed by atoms with Gasteiger partial charge in [-0.3, -0.25) is 4.98 Å². The van der Waals surface area contributed by atoms with E-state index in [2.05, 4.69) is 20.9 Å². The fourth-order valence-corrected chi connectivity index (χ4v) is 1.28. The van der Waals surface area contributed by atoms with E-state index in [0.717, 1.165) is 5.56 Å². The number of halogens is 2. The van der Waals surface area contributed by atoms with E-state index < -0.39 is 0 Å². The Bertz CT molecular complexity index is 241. The molecule has 0 atom stereocenters. The van der Waals surface area contributed by atoms with Gasteiger partial charge in [0, 0.05) is 11.8 Å². The third-order valence-electron chi connectivity index (χ3n) is 1.08. The van der Waals surface area contributed by atoms with Gasteiger partial charge in [-0.15, -0.1) is 11.6 Å². The monoisotopic (exact) mass is 221 g/mol. The first-order valence-electron chi connectivity index (χ1n) is 2.63. The lowest BCUT2D eigenvalue weighted by Crippen LogP contribution is -1.82. The summed E-state index contributed by atoms with van der Waals surface area (Å²) >= 11 is 8.69. The van der Waals surface area contributed by atoms with Crippen molar-refractivity contribution in [1.29, 1.82) is 0 Å². The molecule has 4 heteroatoms. The molecular weight excluding hydrogens is 217 g/mol. The Hall–Kier alpha value is -0.280. The molecule has 0 saturated heterocycles. The predicted octanol–water partition coefficient (Wildman–Crippen LogP) is 2.29. The number of aromatic nitrogens is 1. The summed E-state index contributed by atoms with van der Waals surface area (Å²) in [6.07, 6.45) is 2.97. The summed E-state index contributed by atoms with van der Waals surface area (Å²) in [7, 11) is 0. The molecule has 0 aliphatic rings. The van der Waals surface area contributed by atoms with E-state index in [1.807, 2.05) is 0 Å². The second kappa shape index (κ2) is 3.21. The molecule has 0 bridgehead atoms. The normalized spacial score (nSPS) is 9.80. The number of aromatic hydroxyl groups is 1. The van der Waals surface area contributed by atoms with Crippen LogP contribution in [0, 0.1) is 0 Å². The van der Waals surface area contributed by atoms with Crippen LogP contribution in [0.15, 0.2) is 16.9 Å². The lowest BCUT2D eigenvalue weighted by atomic mass is 10.3. The molecule has 1 heterocycles.